The van der Waals surface area contributed by atoms with Crippen molar-refractivity contribution in [2.75, 3.05) is 13.1 Å². The zero-order chi connectivity index (χ0) is 14.8. The van der Waals surface area contributed by atoms with Crippen LogP contribution in [0.4, 0.5) is 0 Å². The average molecular weight is 309 g/mol. The topological polar surface area (TPSA) is 66.4 Å². The van der Waals surface area contributed by atoms with E-state index in [-0.39, 0.29) is 11.9 Å². The first-order valence-corrected chi connectivity index (χ1v) is 7.61. The number of aromatic nitrogens is 2. The number of hydrogen-bond donors (Lipinski definition) is 0. The first kappa shape index (κ1) is 14.3. The van der Waals surface area contributed by atoms with E-state index in [1.807, 2.05) is 0 Å². The summed E-state index contributed by atoms with van der Waals surface area (Å²) in [4.78, 5) is 27.8. The second-order valence-electron chi connectivity index (χ2n) is 5.51. The largest absolute Gasteiger partial charge is 0.330 e. The van der Waals surface area contributed by atoms with Crippen LogP contribution in [0.3, 0.4) is 0 Å². The van der Waals surface area contributed by atoms with Gasteiger partial charge in [0.2, 0.25) is 0 Å². The van der Waals surface area contributed by atoms with Crippen molar-refractivity contribution < 1.29 is 9.59 Å². The fourth-order valence-electron chi connectivity index (χ4n) is 3.03. The number of carbonyl (C=O) groups excluding carboxylic acids is 2. The first-order valence-electron chi connectivity index (χ1n) is 7.23. The number of rotatable bonds is 3. The van der Waals surface area contributed by atoms with Crippen LogP contribution in [0, 0.1) is 0 Å². The van der Waals surface area contributed by atoms with Crippen molar-refractivity contribution in [1.82, 2.24) is 20.0 Å². The van der Waals surface area contributed by atoms with E-state index in [1.54, 1.807) is 17.0 Å². The lowest BCUT2D eigenvalue weighted by Gasteiger charge is -2.36. The fraction of sp³-hybridized carbons (Fsp3) is 0.571. The van der Waals surface area contributed by atoms with Crippen molar-refractivity contribution in [3.8, 4) is 0 Å². The second kappa shape index (κ2) is 5.97. The van der Waals surface area contributed by atoms with Gasteiger partial charge in [-0.3, -0.25) is 9.59 Å². The van der Waals surface area contributed by atoms with Crippen molar-refractivity contribution in [2.24, 2.45) is 0 Å². The Bertz CT molecular complexity index is 542. The van der Waals surface area contributed by atoms with Crippen molar-refractivity contribution in [3.63, 3.8) is 0 Å². The number of carbonyl (C=O) groups is 2. The Labute approximate surface area is 128 Å². The van der Waals surface area contributed by atoms with E-state index in [0.717, 1.165) is 25.7 Å². The zero-order valence-corrected chi connectivity index (χ0v) is 12.4. The summed E-state index contributed by atoms with van der Waals surface area (Å²) < 4.78 is 0. The number of nitrogens with zero attached hydrogens (tertiary/aromatic N) is 4. The Hall–Kier alpha value is -1.69. The van der Waals surface area contributed by atoms with Crippen molar-refractivity contribution in [2.45, 2.75) is 38.3 Å². The fourth-order valence-corrected chi connectivity index (χ4v) is 3.13. The molecule has 2 heterocycles. The Balaban J connectivity index is 1.65. The average Bonchev–Trinajstić information content (AvgIpc) is 3.00. The Kier molecular flexibility index (Phi) is 4.05. The third-order valence-corrected chi connectivity index (χ3v) is 4.35. The molecule has 2 aliphatic rings. The maximum atomic E-state index is 12.2. The lowest BCUT2D eigenvalue weighted by atomic mass is 10.1. The molecule has 2 fully saturated rings. The van der Waals surface area contributed by atoms with Gasteiger partial charge in [-0.05, 0) is 25.0 Å². The molecule has 0 aromatic carbocycles. The summed E-state index contributed by atoms with van der Waals surface area (Å²) in [6.07, 6.45) is 4.32. The second-order valence-corrected chi connectivity index (χ2v) is 5.90. The first-order chi connectivity index (χ1) is 10.1. The molecule has 0 radical (unpaired) electrons. The molecule has 3 rings (SSSR count). The van der Waals surface area contributed by atoms with E-state index >= 15 is 0 Å². The molecule has 1 aromatic rings. The van der Waals surface area contributed by atoms with Gasteiger partial charge in [0.15, 0.2) is 5.15 Å². The highest BCUT2D eigenvalue weighted by molar-refractivity contribution is 6.35. The minimum Gasteiger partial charge on any atom is -0.330 e. The van der Waals surface area contributed by atoms with E-state index in [0.29, 0.717) is 30.5 Å². The van der Waals surface area contributed by atoms with Crippen LogP contribution in [0.15, 0.2) is 12.1 Å². The summed E-state index contributed by atoms with van der Waals surface area (Å²) in [7, 11) is 0. The van der Waals surface area contributed by atoms with Gasteiger partial charge in [0.1, 0.15) is 0 Å². The highest BCUT2D eigenvalue weighted by atomic mass is 35.5. The molecule has 7 heteroatoms. The molecular formula is C14H17ClN4O2. The van der Waals surface area contributed by atoms with Crippen LogP contribution in [0.25, 0.3) is 0 Å². The van der Waals surface area contributed by atoms with E-state index in [1.165, 1.54) is 4.90 Å². The molecule has 1 aliphatic heterocycles. The molecule has 0 N–H and O–H groups in total. The van der Waals surface area contributed by atoms with Crippen LogP contribution in [-0.2, 0) is 16.1 Å². The Morgan fingerprint density at radius 1 is 1.10 bits per heavy atom. The minimum atomic E-state index is -0.440. The van der Waals surface area contributed by atoms with Gasteiger partial charge in [-0.1, -0.05) is 24.4 Å². The molecule has 112 valence electrons. The number of hydrogen-bond acceptors (Lipinski definition) is 4. The van der Waals surface area contributed by atoms with Crippen LogP contribution >= 0.6 is 11.6 Å². The summed E-state index contributed by atoms with van der Waals surface area (Å²) in [5.74, 6) is -0.819. The van der Waals surface area contributed by atoms with Crippen LogP contribution in [0.2, 0.25) is 5.15 Å². The van der Waals surface area contributed by atoms with Crippen LogP contribution < -0.4 is 0 Å². The third kappa shape index (κ3) is 3.00. The van der Waals surface area contributed by atoms with E-state index in [2.05, 4.69) is 10.2 Å². The Morgan fingerprint density at radius 3 is 2.52 bits per heavy atom. The zero-order valence-electron chi connectivity index (χ0n) is 11.7. The standard InChI is InChI=1S/C14H17ClN4O2/c15-12-6-5-10(16-17-12)9-18-7-8-19(14(21)13(18)20)11-3-1-2-4-11/h5-6,11H,1-4,7-9H2. The highest BCUT2D eigenvalue weighted by Gasteiger charge is 2.37. The number of halogens is 1. The van der Waals surface area contributed by atoms with Crippen molar-refractivity contribution >= 4 is 23.4 Å². The van der Waals surface area contributed by atoms with Crippen LogP contribution in [0.1, 0.15) is 31.4 Å². The Morgan fingerprint density at radius 2 is 1.86 bits per heavy atom. The molecule has 0 atom stereocenters. The summed E-state index contributed by atoms with van der Waals surface area (Å²) in [6.45, 7) is 1.45. The molecule has 0 spiro atoms. The molecule has 1 saturated heterocycles. The highest BCUT2D eigenvalue weighted by Crippen LogP contribution is 2.25. The van der Waals surface area contributed by atoms with E-state index in [4.69, 9.17) is 11.6 Å². The van der Waals surface area contributed by atoms with Gasteiger partial charge in [-0.15, -0.1) is 5.10 Å². The van der Waals surface area contributed by atoms with Crippen LogP contribution in [0.5, 0.6) is 0 Å². The smallest absolute Gasteiger partial charge is 0.312 e. The summed E-state index contributed by atoms with van der Waals surface area (Å²) >= 11 is 5.68. The summed E-state index contributed by atoms with van der Waals surface area (Å²) in [6, 6.07) is 3.60. The van der Waals surface area contributed by atoms with Gasteiger partial charge >= 0.3 is 11.8 Å². The van der Waals surface area contributed by atoms with Crippen molar-refractivity contribution in [3.05, 3.63) is 23.0 Å². The molecule has 1 saturated carbocycles. The molecule has 0 unspecified atom stereocenters. The lowest BCUT2D eigenvalue weighted by Crippen LogP contribution is -2.56. The van der Waals surface area contributed by atoms with Gasteiger partial charge in [-0.2, -0.15) is 5.10 Å². The predicted octanol–water partition coefficient (Wildman–Crippen LogP) is 1.24. The molecule has 0 bridgehead atoms. The maximum absolute atomic E-state index is 12.2. The molecular weight excluding hydrogens is 292 g/mol. The van der Waals surface area contributed by atoms with Gasteiger partial charge in [0.05, 0.1) is 12.2 Å². The maximum Gasteiger partial charge on any atom is 0.312 e. The van der Waals surface area contributed by atoms with E-state index < -0.39 is 5.91 Å². The summed E-state index contributed by atoms with van der Waals surface area (Å²) in [5.41, 5.74) is 0.634. The quantitative estimate of drug-likeness (QED) is 0.788. The van der Waals surface area contributed by atoms with Gasteiger partial charge < -0.3 is 9.80 Å². The minimum absolute atomic E-state index is 0.249. The van der Waals surface area contributed by atoms with Gasteiger partial charge in [0, 0.05) is 19.1 Å². The predicted molar refractivity (Wildman–Crippen MR) is 76.4 cm³/mol. The van der Waals surface area contributed by atoms with Crippen molar-refractivity contribution in [1.29, 1.82) is 0 Å². The van der Waals surface area contributed by atoms with E-state index in [9.17, 15) is 9.59 Å². The molecule has 6 nitrogen and oxygen atoms in total. The molecule has 21 heavy (non-hydrogen) atoms. The normalized spacial score (nSPS) is 20.4. The molecule has 1 aromatic heterocycles. The molecule has 2 amide bonds. The SMILES string of the molecule is O=C1C(=O)N(C2CCCC2)CCN1Cc1ccc(Cl)nn1. The monoisotopic (exact) mass is 308 g/mol. The van der Waals surface area contributed by atoms with Gasteiger partial charge in [-0.25, -0.2) is 0 Å². The lowest BCUT2D eigenvalue weighted by molar-refractivity contribution is -0.158. The number of amides is 2. The third-order valence-electron chi connectivity index (χ3n) is 4.15. The van der Waals surface area contributed by atoms with Gasteiger partial charge in [0.25, 0.3) is 0 Å². The number of piperazine rings is 1. The molecule has 1 aliphatic carbocycles. The summed E-state index contributed by atoms with van der Waals surface area (Å²) in [5, 5.41) is 7.99. The van der Waals surface area contributed by atoms with Crippen LogP contribution in [-0.4, -0.2) is 50.9 Å².